The molecule has 0 aliphatic heterocycles. The monoisotopic (exact) mass is 362 g/mol. The number of hydrogen-bond acceptors (Lipinski definition) is 4. The summed E-state index contributed by atoms with van der Waals surface area (Å²) in [6, 6.07) is 13.0. The maximum absolute atomic E-state index is 12.3. The van der Waals surface area contributed by atoms with Crippen LogP contribution >= 0.6 is 27.3 Å². The van der Waals surface area contributed by atoms with Gasteiger partial charge in [-0.25, -0.2) is 4.98 Å². The van der Waals surface area contributed by atoms with Gasteiger partial charge in [-0.3, -0.25) is 10.1 Å². The van der Waals surface area contributed by atoms with Crippen LogP contribution in [0.1, 0.15) is 10.4 Å². The maximum Gasteiger partial charge on any atom is 0.261 e. The van der Waals surface area contributed by atoms with Crippen LogP contribution in [0.2, 0.25) is 0 Å². The number of amides is 1. The van der Waals surface area contributed by atoms with Crippen molar-refractivity contribution in [3.05, 3.63) is 52.5 Å². The molecule has 0 aliphatic carbocycles. The smallest absolute Gasteiger partial charge is 0.261 e. The number of thiazole rings is 1. The molecule has 0 atom stereocenters. The largest absolute Gasteiger partial charge is 0.496 e. The number of hydrogen-bond donors (Lipinski definition) is 1. The number of anilines is 1. The molecule has 0 fully saturated rings. The predicted molar refractivity (Wildman–Crippen MR) is 88.3 cm³/mol. The van der Waals surface area contributed by atoms with Crippen molar-refractivity contribution in [1.82, 2.24) is 4.98 Å². The van der Waals surface area contributed by atoms with E-state index in [9.17, 15) is 4.79 Å². The van der Waals surface area contributed by atoms with Crippen LogP contribution in [0, 0.1) is 0 Å². The molecule has 3 rings (SSSR count). The molecule has 1 aromatic heterocycles. The Bertz CT molecular complexity index is 783. The minimum atomic E-state index is -0.238. The highest BCUT2D eigenvalue weighted by atomic mass is 79.9. The summed E-state index contributed by atoms with van der Waals surface area (Å²) < 4.78 is 7.13. The molecule has 0 saturated carbocycles. The fraction of sp³-hybridized carbons (Fsp3) is 0.0667. The van der Waals surface area contributed by atoms with Gasteiger partial charge in [-0.2, -0.15) is 0 Å². The Morgan fingerprint density at radius 3 is 2.86 bits per heavy atom. The van der Waals surface area contributed by atoms with Crippen LogP contribution < -0.4 is 10.1 Å². The molecule has 1 amide bonds. The van der Waals surface area contributed by atoms with E-state index < -0.39 is 0 Å². The fourth-order valence-corrected chi connectivity index (χ4v) is 3.14. The van der Waals surface area contributed by atoms with Gasteiger partial charge < -0.3 is 4.74 Å². The second-order valence-electron chi connectivity index (χ2n) is 4.29. The summed E-state index contributed by atoms with van der Waals surface area (Å²) in [5.74, 6) is 0.279. The molecule has 2 aromatic carbocycles. The molecule has 0 spiro atoms. The standard InChI is InChI=1S/C15H11BrN2O2S/c1-20-12-8-9(16)6-7-10(12)14(19)18-15-17-11-4-2-3-5-13(11)21-15/h2-8H,1H3,(H,17,18,19). The van der Waals surface area contributed by atoms with Gasteiger partial charge in [0.25, 0.3) is 5.91 Å². The molecule has 1 N–H and O–H groups in total. The second-order valence-corrected chi connectivity index (χ2v) is 6.23. The highest BCUT2D eigenvalue weighted by Gasteiger charge is 2.14. The number of para-hydroxylation sites is 1. The first-order valence-corrected chi connectivity index (χ1v) is 7.79. The van der Waals surface area contributed by atoms with Gasteiger partial charge >= 0.3 is 0 Å². The van der Waals surface area contributed by atoms with Crippen LogP contribution in [0.5, 0.6) is 5.75 Å². The van der Waals surface area contributed by atoms with Crippen LogP contribution in [0.15, 0.2) is 46.9 Å². The van der Waals surface area contributed by atoms with Crippen molar-refractivity contribution < 1.29 is 9.53 Å². The van der Waals surface area contributed by atoms with Crippen LogP contribution in [0.3, 0.4) is 0 Å². The first-order chi connectivity index (χ1) is 10.2. The van der Waals surface area contributed by atoms with Gasteiger partial charge in [-0.15, -0.1) is 0 Å². The van der Waals surface area contributed by atoms with Crippen molar-refractivity contribution in [3.8, 4) is 5.75 Å². The zero-order chi connectivity index (χ0) is 14.8. The van der Waals surface area contributed by atoms with E-state index in [1.54, 1.807) is 18.2 Å². The number of nitrogens with one attached hydrogen (secondary N) is 1. The Kier molecular flexibility index (Phi) is 3.90. The first kappa shape index (κ1) is 14.0. The minimum Gasteiger partial charge on any atom is -0.496 e. The number of carbonyl (C=O) groups excluding carboxylic acids is 1. The second kappa shape index (κ2) is 5.83. The molecular weight excluding hydrogens is 352 g/mol. The molecule has 3 aromatic rings. The van der Waals surface area contributed by atoms with Crippen molar-refractivity contribution in [2.45, 2.75) is 0 Å². The van der Waals surface area contributed by atoms with Crippen molar-refractivity contribution >= 4 is 48.5 Å². The van der Waals surface area contributed by atoms with Crippen molar-refractivity contribution in [1.29, 1.82) is 0 Å². The number of benzene rings is 2. The normalized spacial score (nSPS) is 10.6. The van der Waals surface area contributed by atoms with Crippen molar-refractivity contribution in [3.63, 3.8) is 0 Å². The Hall–Kier alpha value is -1.92. The van der Waals surface area contributed by atoms with E-state index in [-0.39, 0.29) is 5.91 Å². The number of aromatic nitrogens is 1. The Labute approximate surface area is 133 Å². The van der Waals surface area contributed by atoms with Crippen LogP contribution in [0.25, 0.3) is 10.2 Å². The number of halogens is 1. The fourth-order valence-electron chi connectivity index (χ4n) is 1.94. The molecule has 0 aliphatic rings. The highest BCUT2D eigenvalue weighted by molar-refractivity contribution is 9.10. The molecular formula is C15H11BrN2O2S. The average Bonchev–Trinajstić information content (AvgIpc) is 2.88. The van der Waals surface area contributed by atoms with Gasteiger partial charge in [0.1, 0.15) is 5.75 Å². The number of methoxy groups -OCH3 is 1. The first-order valence-electron chi connectivity index (χ1n) is 6.18. The highest BCUT2D eigenvalue weighted by Crippen LogP contribution is 2.28. The molecule has 106 valence electrons. The lowest BCUT2D eigenvalue weighted by atomic mass is 10.2. The predicted octanol–water partition coefficient (Wildman–Crippen LogP) is 4.32. The number of rotatable bonds is 3. The van der Waals surface area contributed by atoms with E-state index in [1.165, 1.54) is 18.4 Å². The summed E-state index contributed by atoms with van der Waals surface area (Å²) in [5, 5.41) is 3.39. The topological polar surface area (TPSA) is 51.2 Å². The lowest BCUT2D eigenvalue weighted by Crippen LogP contribution is -2.12. The number of fused-ring (bicyclic) bond motifs is 1. The SMILES string of the molecule is COc1cc(Br)ccc1C(=O)Nc1nc2ccccc2s1. The van der Waals surface area contributed by atoms with Crippen molar-refractivity contribution in [2.24, 2.45) is 0 Å². The Morgan fingerprint density at radius 2 is 2.10 bits per heavy atom. The average molecular weight is 363 g/mol. The number of carbonyl (C=O) groups is 1. The third kappa shape index (κ3) is 2.91. The van der Waals surface area contributed by atoms with Gasteiger partial charge in [0.2, 0.25) is 0 Å². The van der Waals surface area contributed by atoms with Crippen LogP contribution in [0.4, 0.5) is 5.13 Å². The zero-order valence-corrected chi connectivity index (χ0v) is 13.5. The Balaban J connectivity index is 1.89. The van der Waals surface area contributed by atoms with Crippen LogP contribution in [-0.2, 0) is 0 Å². The summed E-state index contributed by atoms with van der Waals surface area (Å²) >= 11 is 4.80. The lowest BCUT2D eigenvalue weighted by Gasteiger charge is -2.08. The van der Waals surface area contributed by atoms with E-state index in [2.05, 4.69) is 26.2 Å². The van der Waals surface area contributed by atoms with Gasteiger partial charge in [0.15, 0.2) is 5.13 Å². The molecule has 0 bridgehead atoms. The van der Waals surface area contributed by atoms with E-state index in [0.29, 0.717) is 16.4 Å². The lowest BCUT2D eigenvalue weighted by molar-refractivity contribution is 0.102. The summed E-state index contributed by atoms with van der Waals surface area (Å²) in [7, 11) is 1.54. The summed E-state index contributed by atoms with van der Waals surface area (Å²) in [4.78, 5) is 16.7. The van der Waals surface area contributed by atoms with Crippen molar-refractivity contribution in [2.75, 3.05) is 12.4 Å². The van der Waals surface area contributed by atoms with Gasteiger partial charge in [-0.1, -0.05) is 39.4 Å². The minimum absolute atomic E-state index is 0.238. The number of ether oxygens (including phenoxy) is 1. The molecule has 1 heterocycles. The maximum atomic E-state index is 12.3. The van der Waals surface area contributed by atoms with Gasteiger partial charge in [0, 0.05) is 4.47 Å². The molecule has 4 nitrogen and oxygen atoms in total. The molecule has 0 saturated heterocycles. The van der Waals surface area contributed by atoms with Gasteiger partial charge in [0.05, 0.1) is 22.9 Å². The summed E-state index contributed by atoms with van der Waals surface area (Å²) in [6.45, 7) is 0. The van der Waals surface area contributed by atoms with E-state index >= 15 is 0 Å². The molecule has 0 radical (unpaired) electrons. The van der Waals surface area contributed by atoms with E-state index in [0.717, 1.165) is 14.7 Å². The van der Waals surface area contributed by atoms with E-state index in [4.69, 9.17) is 4.74 Å². The van der Waals surface area contributed by atoms with Gasteiger partial charge in [-0.05, 0) is 30.3 Å². The quantitative estimate of drug-likeness (QED) is 0.754. The molecule has 6 heteroatoms. The van der Waals surface area contributed by atoms with Crippen LogP contribution in [-0.4, -0.2) is 18.0 Å². The molecule has 21 heavy (non-hydrogen) atoms. The summed E-state index contributed by atoms with van der Waals surface area (Å²) in [6.07, 6.45) is 0. The van der Waals surface area contributed by atoms with E-state index in [1.807, 2.05) is 24.3 Å². The Morgan fingerprint density at radius 1 is 1.29 bits per heavy atom. The third-order valence-electron chi connectivity index (χ3n) is 2.92. The molecule has 0 unspecified atom stereocenters. The third-order valence-corrected chi connectivity index (χ3v) is 4.37. The summed E-state index contributed by atoms with van der Waals surface area (Å²) in [5.41, 5.74) is 1.35. The zero-order valence-electron chi connectivity index (χ0n) is 11.1. The number of nitrogens with zero attached hydrogens (tertiary/aromatic N) is 1.